The van der Waals surface area contributed by atoms with Crippen molar-refractivity contribution >= 4 is 15.9 Å². The molecule has 1 fully saturated rings. The molecule has 0 radical (unpaired) electrons. The van der Waals surface area contributed by atoms with Gasteiger partial charge in [0.05, 0.1) is 18.0 Å². The van der Waals surface area contributed by atoms with Gasteiger partial charge in [-0.1, -0.05) is 30.3 Å². The van der Waals surface area contributed by atoms with Gasteiger partial charge in [0.25, 0.3) is 0 Å². The summed E-state index contributed by atoms with van der Waals surface area (Å²) < 4.78 is 33.4. The second-order valence-corrected chi connectivity index (χ2v) is 8.09. The van der Waals surface area contributed by atoms with Crippen LogP contribution < -0.4 is 10.1 Å². The maximum absolute atomic E-state index is 13.4. The number of carbonyl (C=O) groups is 1. The zero-order valence-electron chi connectivity index (χ0n) is 14.8. The monoisotopic (exact) mass is 374 g/mol. The molecule has 7 heteroatoms. The lowest BCUT2D eigenvalue weighted by atomic mass is 10.0. The third-order valence-electron chi connectivity index (χ3n) is 4.53. The number of nitrogens with one attached hydrogen (secondary N) is 1. The van der Waals surface area contributed by atoms with E-state index in [9.17, 15) is 13.2 Å². The summed E-state index contributed by atoms with van der Waals surface area (Å²) in [6.07, 6.45) is 0.0957. The first kappa shape index (κ1) is 18.4. The minimum atomic E-state index is -3.78. The Labute approximate surface area is 153 Å². The molecule has 138 valence electrons. The summed E-state index contributed by atoms with van der Waals surface area (Å²) in [4.78, 5) is 12.3. The maximum atomic E-state index is 13.4. The molecule has 1 N–H and O–H groups in total. The Morgan fingerprint density at radius 2 is 1.88 bits per heavy atom. The number of carbonyl (C=O) groups excluding carboxylic acids is 1. The van der Waals surface area contributed by atoms with E-state index in [1.54, 1.807) is 32.2 Å². The van der Waals surface area contributed by atoms with Gasteiger partial charge in [0.15, 0.2) is 0 Å². The van der Waals surface area contributed by atoms with Crippen molar-refractivity contribution < 1.29 is 17.9 Å². The van der Waals surface area contributed by atoms with Crippen molar-refractivity contribution in [3.8, 4) is 5.75 Å². The molecule has 3 rings (SSSR count). The lowest BCUT2D eigenvalue weighted by Crippen LogP contribution is -2.36. The Kier molecular flexibility index (Phi) is 5.29. The van der Waals surface area contributed by atoms with Crippen molar-refractivity contribution in [2.24, 2.45) is 0 Å². The fourth-order valence-corrected chi connectivity index (χ4v) is 5.04. The Morgan fingerprint density at radius 3 is 2.54 bits per heavy atom. The first-order valence-electron chi connectivity index (χ1n) is 8.41. The van der Waals surface area contributed by atoms with E-state index < -0.39 is 16.1 Å². The highest BCUT2D eigenvalue weighted by atomic mass is 32.2. The molecular weight excluding hydrogens is 352 g/mol. The number of benzene rings is 2. The molecule has 1 aliphatic rings. The molecule has 0 unspecified atom stereocenters. The summed E-state index contributed by atoms with van der Waals surface area (Å²) in [5.74, 6) is 0.455. The Hall–Kier alpha value is -2.38. The van der Waals surface area contributed by atoms with E-state index in [4.69, 9.17) is 4.74 Å². The van der Waals surface area contributed by atoms with Gasteiger partial charge >= 0.3 is 0 Å². The number of rotatable bonds is 4. The van der Waals surface area contributed by atoms with Crippen molar-refractivity contribution in [2.45, 2.75) is 24.3 Å². The summed E-state index contributed by atoms with van der Waals surface area (Å²) in [5, 5.41) is 2.77. The van der Waals surface area contributed by atoms with Crippen LogP contribution in [0.1, 0.15) is 23.6 Å². The summed E-state index contributed by atoms with van der Waals surface area (Å²) in [7, 11) is -2.23. The highest BCUT2D eigenvalue weighted by molar-refractivity contribution is 7.89. The third kappa shape index (κ3) is 3.59. The molecule has 1 atom stereocenters. The molecule has 1 amide bonds. The van der Waals surface area contributed by atoms with Crippen LogP contribution in [0, 0.1) is 6.92 Å². The number of nitrogens with zero attached hydrogens (tertiary/aromatic N) is 1. The van der Waals surface area contributed by atoms with Crippen LogP contribution in [-0.2, 0) is 14.8 Å². The standard InChI is InChI=1S/C19H22N2O4S/c1-14-12-16(25-2)8-9-18(14)26(23,24)21-11-10-20-19(22)13-17(21)15-6-4-3-5-7-15/h3-9,12,17H,10-11,13H2,1-2H3,(H,20,22)/t17-/m0/s1. The second kappa shape index (κ2) is 7.47. The molecule has 6 nitrogen and oxygen atoms in total. The van der Waals surface area contributed by atoms with E-state index in [0.717, 1.165) is 5.56 Å². The van der Waals surface area contributed by atoms with Gasteiger partial charge in [0.1, 0.15) is 5.75 Å². The van der Waals surface area contributed by atoms with Gasteiger partial charge in [-0.3, -0.25) is 4.79 Å². The van der Waals surface area contributed by atoms with Gasteiger partial charge in [0.2, 0.25) is 15.9 Å². The molecule has 2 aromatic rings. The van der Waals surface area contributed by atoms with Crippen LogP contribution in [0.2, 0.25) is 0 Å². The van der Waals surface area contributed by atoms with E-state index in [-0.39, 0.29) is 30.3 Å². The van der Waals surface area contributed by atoms with Crippen LogP contribution in [0.4, 0.5) is 0 Å². The first-order valence-corrected chi connectivity index (χ1v) is 9.85. The fourth-order valence-electron chi connectivity index (χ4n) is 3.22. The predicted molar refractivity (Wildman–Crippen MR) is 98.4 cm³/mol. The molecule has 0 aliphatic carbocycles. The van der Waals surface area contributed by atoms with E-state index in [1.807, 2.05) is 30.3 Å². The Balaban J connectivity index is 2.06. The van der Waals surface area contributed by atoms with Crippen molar-refractivity contribution in [2.75, 3.05) is 20.2 Å². The quantitative estimate of drug-likeness (QED) is 0.891. The fraction of sp³-hybridized carbons (Fsp3) is 0.316. The van der Waals surface area contributed by atoms with Gasteiger partial charge in [-0.05, 0) is 36.2 Å². The molecule has 0 bridgehead atoms. The molecule has 1 aliphatic heterocycles. The minimum Gasteiger partial charge on any atom is -0.497 e. The minimum absolute atomic E-state index is 0.0957. The molecular formula is C19H22N2O4S. The van der Waals surface area contributed by atoms with E-state index in [0.29, 0.717) is 11.3 Å². The topological polar surface area (TPSA) is 75.7 Å². The number of methoxy groups -OCH3 is 1. The van der Waals surface area contributed by atoms with E-state index in [1.165, 1.54) is 4.31 Å². The number of ether oxygens (including phenoxy) is 1. The molecule has 26 heavy (non-hydrogen) atoms. The smallest absolute Gasteiger partial charge is 0.243 e. The maximum Gasteiger partial charge on any atom is 0.243 e. The van der Waals surface area contributed by atoms with Gasteiger partial charge in [-0.2, -0.15) is 4.31 Å². The van der Waals surface area contributed by atoms with Crippen molar-refractivity contribution in [1.29, 1.82) is 0 Å². The molecule has 0 aromatic heterocycles. The van der Waals surface area contributed by atoms with E-state index >= 15 is 0 Å². The SMILES string of the molecule is COc1ccc(S(=O)(=O)N2CCNC(=O)C[C@H]2c2ccccc2)c(C)c1. The van der Waals surface area contributed by atoms with Crippen LogP contribution in [0.25, 0.3) is 0 Å². The normalized spacial score (nSPS) is 18.8. The van der Waals surface area contributed by atoms with Gasteiger partial charge in [-0.15, -0.1) is 0 Å². The van der Waals surface area contributed by atoms with Crippen molar-refractivity contribution in [1.82, 2.24) is 9.62 Å². The number of aryl methyl sites for hydroxylation is 1. The average molecular weight is 374 g/mol. The van der Waals surface area contributed by atoms with Crippen LogP contribution in [0.5, 0.6) is 5.75 Å². The lowest BCUT2D eigenvalue weighted by molar-refractivity contribution is -0.121. The zero-order chi connectivity index (χ0) is 18.7. The molecule has 1 saturated heterocycles. The predicted octanol–water partition coefficient (Wildman–Crippen LogP) is 2.26. The molecule has 0 spiro atoms. The number of hydrogen-bond donors (Lipinski definition) is 1. The largest absolute Gasteiger partial charge is 0.497 e. The zero-order valence-corrected chi connectivity index (χ0v) is 15.6. The van der Waals surface area contributed by atoms with Crippen LogP contribution in [-0.4, -0.2) is 38.8 Å². The summed E-state index contributed by atoms with van der Waals surface area (Å²) >= 11 is 0. The van der Waals surface area contributed by atoms with Crippen LogP contribution in [0.3, 0.4) is 0 Å². The Morgan fingerprint density at radius 1 is 1.15 bits per heavy atom. The Bertz CT molecular complexity index is 897. The number of hydrogen-bond acceptors (Lipinski definition) is 4. The lowest BCUT2D eigenvalue weighted by Gasteiger charge is -2.29. The van der Waals surface area contributed by atoms with E-state index in [2.05, 4.69) is 5.32 Å². The van der Waals surface area contributed by atoms with Gasteiger partial charge in [0, 0.05) is 19.5 Å². The number of amides is 1. The first-order chi connectivity index (χ1) is 12.4. The summed E-state index contributed by atoms with van der Waals surface area (Å²) in [5.41, 5.74) is 1.42. The third-order valence-corrected chi connectivity index (χ3v) is 6.60. The molecule has 0 saturated carbocycles. The highest BCUT2D eigenvalue weighted by Crippen LogP contribution is 2.33. The number of sulfonamides is 1. The summed E-state index contributed by atoms with van der Waals surface area (Å²) in [6, 6.07) is 13.6. The second-order valence-electron chi connectivity index (χ2n) is 6.23. The highest BCUT2D eigenvalue weighted by Gasteiger charge is 2.36. The van der Waals surface area contributed by atoms with Crippen molar-refractivity contribution in [3.05, 3.63) is 59.7 Å². The van der Waals surface area contributed by atoms with Gasteiger partial charge in [-0.25, -0.2) is 8.42 Å². The van der Waals surface area contributed by atoms with Crippen molar-refractivity contribution in [3.63, 3.8) is 0 Å². The molecule has 2 aromatic carbocycles. The average Bonchev–Trinajstić information content (AvgIpc) is 2.84. The van der Waals surface area contributed by atoms with Gasteiger partial charge < -0.3 is 10.1 Å². The van der Waals surface area contributed by atoms with Crippen LogP contribution in [0.15, 0.2) is 53.4 Å². The van der Waals surface area contributed by atoms with Crippen LogP contribution >= 0.6 is 0 Å². The molecule has 1 heterocycles. The summed E-state index contributed by atoms with van der Waals surface area (Å²) in [6.45, 7) is 2.25.